The van der Waals surface area contributed by atoms with Crippen molar-refractivity contribution in [1.82, 2.24) is 10.2 Å². The van der Waals surface area contributed by atoms with Gasteiger partial charge in [-0.3, -0.25) is 4.90 Å². The maximum absolute atomic E-state index is 9.56. The van der Waals surface area contributed by atoms with Gasteiger partial charge in [-0.1, -0.05) is 12.1 Å². The van der Waals surface area contributed by atoms with Gasteiger partial charge in [0.2, 0.25) is 0 Å². The Bertz CT molecular complexity index is 384. The second-order valence-electron chi connectivity index (χ2n) is 4.82. The summed E-state index contributed by atoms with van der Waals surface area (Å²) in [7, 11) is 3.65. The fourth-order valence-corrected chi connectivity index (χ4v) is 2.46. The number of β-amino-alcohol motifs (C(OH)–C–C–N with tert-alkyl or cyclic N) is 1. The predicted octanol–water partition coefficient (Wildman–Crippen LogP) is 1.02. The summed E-state index contributed by atoms with van der Waals surface area (Å²) in [4.78, 5) is 2.30. The number of ether oxygens (including phenoxy) is 1. The molecule has 2 rings (SSSR count). The summed E-state index contributed by atoms with van der Waals surface area (Å²) in [5.41, 5.74) is 1.22. The highest BCUT2D eigenvalue weighted by Gasteiger charge is 2.23. The van der Waals surface area contributed by atoms with Crippen LogP contribution in [-0.4, -0.2) is 49.9 Å². The van der Waals surface area contributed by atoms with Crippen LogP contribution in [0.2, 0.25) is 0 Å². The zero-order valence-electron chi connectivity index (χ0n) is 11.1. The van der Waals surface area contributed by atoms with Gasteiger partial charge in [-0.05, 0) is 31.2 Å². The number of hydrogen-bond donors (Lipinski definition) is 2. The molecule has 0 saturated carbocycles. The summed E-state index contributed by atoms with van der Waals surface area (Å²) >= 11 is 0. The van der Waals surface area contributed by atoms with E-state index in [-0.39, 0.29) is 12.1 Å². The maximum Gasteiger partial charge on any atom is 0.119 e. The van der Waals surface area contributed by atoms with E-state index in [1.807, 2.05) is 19.2 Å². The SMILES string of the molecule is CN[C@H](CN1CC[C@H](O)C1)c1cccc(OC)c1. The molecular formula is C14H22N2O2. The molecule has 1 aromatic carbocycles. The van der Waals surface area contributed by atoms with Gasteiger partial charge in [0.15, 0.2) is 0 Å². The first-order chi connectivity index (χ1) is 8.72. The number of hydrogen-bond acceptors (Lipinski definition) is 4. The number of likely N-dealkylation sites (tertiary alicyclic amines) is 1. The van der Waals surface area contributed by atoms with Gasteiger partial charge in [-0.25, -0.2) is 0 Å². The van der Waals surface area contributed by atoms with Gasteiger partial charge in [-0.15, -0.1) is 0 Å². The summed E-state index contributed by atoms with van der Waals surface area (Å²) in [6.07, 6.45) is 0.724. The normalized spacial score (nSPS) is 22.1. The third-order valence-electron chi connectivity index (χ3n) is 3.53. The lowest BCUT2D eigenvalue weighted by Crippen LogP contribution is -2.33. The minimum absolute atomic E-state index is 0.159. The lowest BCUT2D eigenvalue weighted by Gasteiger charge is -2.23. The van der Waals surface area contributed by atoms with Crippen LogP contribution in [0, 0.1) is 0 Å². The summed E-state index contributed by atoms with van der Waals surface area (Å²) in [6, 6.07) is 8.40. The quantitative estimate of drug-likeness (QED) is 0.819. The molecule has 0 spiro atoms. The summed E-state index contributed by atoms with van der Waals surface area (Å²) in [6.45, 7) is 2.67. The van der Waals surface area contributed by atoms with E-state index < -0.39 is 0 Å². The van der Waals surface area contributed by atoms with Crippen molar-refractivity contribution in [2.24, 2.45) is 0 Å². The van der Waals surface area contributed by atoms with Gasteiger partial charge in [0.05, 0.1) is 13.2 Å². The molecule has 100 valence electrons. The van der Waals surface area contributed by atoms with Crippen molar-refractivity contribution >= 4 is 0 Å². The van der Waals surface area contributed by atoms with Crippen LogP contribution in [0.25, 0.3) is 0 Å². The first-order valence-electron chi connectivity index (χ1n) is 6.44. The van der Waals surface area contributed by atoms with Crippen LogP contribution in [0.3, 0.4) is 0 Å². The van der Waals surface area contributed by atoms with E-state index in [0.717, 1.165) is 31.8 Å². The predicted molar refractivity (Wildman–Crippen MR) is 71.9 cm³/mol. The lowest BCUT2D eigenvalue weighted by molar-refractivity contribution is 0.173. The summed E-state index contributed by atoms with van der Waals surface area (Å²) in [5, 5.41) is 12.9. The first-order valence-corrected chi connectivity index (χ1v) is 6.44. The van der Waals surface area contributed by atoms with Crippen molar-refractivity contribution in [3.63, 3.8) is 0 Å². The smallest absolute Gasteiger partial charge is 0.119 e. The molecule has 2 N–H and O–H groups in total. The van der Waals surface area contributed by atoms with E-state index in [2.05, 4.69) is 22.3 Å². The molecule has 0 aromatic heterocycles. The third-order valence-corrected chi connectivity index (χ3v) is 3.53. The van der Waals surface area contributed by atoms with Crippen molar-refractivity contribution in [1.29, 1.82) is 0 Å². The summed E-state index contributed by atoms with van der Waals surface area (Å²) < 4.78 is 5.26. The van der Waals surface area contributed by atoms with Gasteiger partial charge in [0, 0.05) is 25.7 Å². The van der Waals surface area contributed by atoms with Crippen molar-refractivity contribution in [2.45, 2.75) is 18.6 Å². The van der Waals surface area contributed by atoms with Crippen LogP contribution >= 0.6 is 0 Å². The lowest BCUT2D eigenvalue weighted by atomic mass is 10.1. The molecule has 2 atom stereocenters. The van der Waals surface area contributed by atoms with Crippen molar-refractivity contribution in [3.05, 3.63) is 29.8 Å². The molecular weight excluding hydrogens is 228 g/mol. The zero-order valence-corrected chi connectivity index (χ0v) is 11.1. The Labute approximate surface area is 109 Å². The Morgan fingerprint density at radius 3 is 3.00 bits per heavy atom. The summed E-state index contributed by atoms with van der Waals surface area (Å²) in [5.74, 6) is 0.884. The zero-order chi connectivity index (χ0) is 13.0. The minimum atomic E-state index is -0.159. The first kappa shape index (κ1) is 13.3. The fourth-order valence-electron chi connectivity index (χ4n) is 2.46. The van der Waals surface area contributed by atoms with Gasteiger partial charge >= 0.3 is 0 Å². The van der Waals surface area contributed by atoms with E-state index in [1.54, 1.807) is 7.11 Å². The van der Waals surface area contributed by atoms with Gasteiger partial charge in [-0.2, -0.15) is 0 Å². The molecule has 0 bridgehead atoms. The molecule has 4 nitrogen and oxygen atoms in total. The molecule has 1 aliphatic heterocycles. The Morgan fingerprint density at radius 1 is 1.56 bits per heavy atom. The van der Waals surface area contributed by atoms with Crippen molar-refractivity contribution < 1.29 is 9.84 Å². The van der Waals surface area contributed by atoms with E-state index in [4.69, 9.17) is 4.74 Å². The Kier molecular flexibility index (Phi) is 4.58. The highest BCUT2D eigenvalue weighted by Crippen LogP contribution is 2.21. The number of rotatable bonds is 5. The van der Waals surface area contributed by atoms with E-state index in [9.17, 15) is 5.11 Å². The molecule has 0 unspecified atom stereocenters. The molecule has 4 heteroatoms. The monoisotopic (exact) mass is 250 g/mol. The number of likely N-dealkylation sites (N-methyl/N-ethyl adjacent to an activating group) is 1. The van der Waals surface area contributed by atoms with Crippen LogP contribution in [0.4, 0.5) is 0 Å². The topological polar surface area (TPSA) is 44.7 Å². The number of nitrogens with zero attached hydrogens (tertiary/aromatic N) is 1. The molecule has 0 amide bonds. The molecule has 1 saturated heterocycles. The Balaban J connectivity index is 2.03. The van der Waals surface area contributed by atoms with Crippen LogP contribution in [0.1, 0.15) is 18.0 Å². The van der Waals surface area contributed by atoms with E-state index >= 15 is 0 Å². The van der Waals surface area contributed by atoms with Crippen LogP contribution < -0.4 is 10.1 Å². The second-order valence-corrected chi connectivity index (χ2v) is 4.82. The average Bonchev–Trinajstić information content (AvgIpc) is 2.81. The Morgan fingerprint density at radius 2 is 2.39 bits per heavy atom. The maximum atomic E-state index is 9.56. The molecule has 1 aliphatic rings. The molecule has 18 heavy (non-hydrogen) atoms. The highest BCUT2D eigenvalue weighted by atomic mass is 16.5. The standard InChI is InChI=1S/C14H22N2O2/c1-15-14(10-16-7-6-12(17)9-16)11-4-3-5-13(8-11)18-2/h3-5,8,12,14-15,17H,6-7,9-10H2,1-2H3/t12-,14+/m0/s1. The molecule has 0 radical (unpaired) electrons. The third kappa shape index (κ3) is 3.22. The second kappa shape index (κ2) is 6.18. The van der Waals surface area contributed by atoms with Crippen LogP contribution in [0.15, 0.2) is 24.3 Å². The number of benzene rings is 1. The number of aliphatic hydroxyl groups is 1. The van der Waals surface area contributed by atoms with Crippen molar-refractivity contribution in [2.75, 3.05) is 33.8 Å². The largest absolute Gasteiger partial charge is 0.497 e. The van der Waals surface area contributed by atoms with Gasteiger partial charge in [0.25, 0.3) is 0 Å². The van der Waals surface area contributed by atoms with Crippen molar-refractivity contribution in [3.8, 4) is 5.75 Å². The number of nitrogens with one attached hydrogen (secondary N) is 1. The van der Waals surface area contributed by atoms with E-state index in [0.29, 0.717) is 0 Å². The number of aliphatic hydroxyl groups excluding tert-OH is 1. The van der Waals surface area contributed by atoms with Gasteiger partial charge < -0.3 is 15.2 Å². The fraction of sp³-hybridized carbons (Fsp3) is 0.571. The highest BCUT2D eigenvalue weighted by molar-refractivity contribution is 5.30. The molecule has 1 fully saturated rings. The Hall–Kier alpha value is -1.10. The minimum Gasteiger partial charge on any atom is -0.497 e. The van der Waals surface area contributed by atoms with E-state index in [1.165, 1.54) is 5.56 Å². The van der Waals surface area contributed by atoms with Crippen LogP contribution in [0.5, 0.6) is 5.75 Å². The molecule has 1 aromatic rings. The molecule has 0 aliphatic carbocycles. The average molecular weight is 250 g/mol. The van der Waals surface area contributed by atoms with Crippen LogP contribution in [-0.2, 0) is 0 Å². The number of methoxy groups -OCH3 is 1. The molecule has 1 heterocycles. The van der Waals surface area contributed by atoms with Gasteiger partial charge in [0.1, 0.15) is 5.75 Å².